The molecule has 2 unspecified atom stereocenters. The van der Waals surface area contributed by atoms with Gasteiger partial charge in [-0.1, -0.05) is 0 Å². The summed E-state index contributed by atoms with van der Waals surface area (Å²) in [5.41, 5.74) is 7.50. The van der Waals surface area contributed by atoms with Gasteiger partial charge in [0.05, 0.1) is 24.1 Å². The molecule has 3 N–H and O–H groups in total. The zero-order valence-electron chi connectivity index (χ0n) is 16.3. The Morgan fingerprint density at radius 2 is 2.07 bits per heavy atom. The third-order valence-corrected chi connectivity index (χ3v) is 6.29. The molecule has 0 amide bonds. The number of hydrogen-bond acceptors (Lipinski definition) is 4. The minimum atomic E-state index is -1.31. The summed E-state index contributed by atoms with van der Waals surface area (Å²) in [6.07, 6.45) is 4.01. The van der Waals surface area contributed by atoms with E-state index in [4.69, 9.17) is 5.73 Å². The van der Waals surface area contributed by atoms with Gasteiger partial charge in [0.15, 0.2) is 5.82 Å². The molecule has 1 saturated carbocycles. The molecule has 0 radical (unpaired) electrons. The van der Waals surface area contributed by atoms with E-state index in [9.17, 15) is 19.1 Å². The summed E-state index contributed by atoms with van der Waals surface area (Å²) >= 11 is 0. The molecule has 0 aromatic carbocycles. The number of nitrogens with two attached hydrogens (primary N) is 1. The second-order valence-electron chi connectivity index (χ2n) is 8.20. The van der Waals surface area contributed by atoms with Crippen molar-refractivity contribution in [3.05, 3.63) is 45.1 Å². The molecule has 1 aliphatic heterocycles. The molecule has 6 nitrogen and oxygen atoms in total. The van der Waals surface area contributed by atoms with E-state index < -0.39 is 24.0 Å². The predicted molar refractivity (Wildman–Crippen MR) is 106 cm³/mol. The number of aryl methyl sites for hydroxylation is 1. The van der Waals surface area contributed by atoms with Crippen molar-refractivity contribution in [2.45, 2.75) is 44.6 Å². The third-order valence-electron chi connectivity index (χ3n) is 6.29. The van der Waals surface area contributed by atoms with Crippen molar-refractivity contribution in [3.63, 3.8) is 0 Å². The first-order chi connectivity index (χ1) is 13.8. The summed E-state index contributed by atoms with van der Waals surface area (Å²) in [5.74, 6) is -1.65. The summed E-state index contributed by atoms with van der Waals surface area (Å²) in [5, 5.41) is 9.39. The molecule has 4 rings (SSSR count). The number of hydrogen-bond donors (Lipinski definition) is 2. The normalized spacial score (nSPS) is 22.3. The Morgan fingerprint density at radius 3 is 2.66 bits per heavy atom. The van der Waals surface area contributed by atoms with Gasteiger partial charge in [-0.25, -0.2) is 9.18 Å². The third kappa shape index (κ3) is 3.39. The summed E-state index contributed by atoms with van der Waals surface area (Å²) in [7, 11) is 0. The van der Waals surface area contributed by atoms with Crippen LogP contribution in [-0.2, 0) is 0 Å². The summed E-state index contributed by atoms with van der Waals surface area (Å²) in [4.78, 5) is 26.1. The molecule has 8 heteroatoms. The first-order valence-corrected chi connectivity index (χ1v) is 10.0. The maximum atomic E-state index is 15.1. The van der Waals surface area contributed by atoms with Crippen LogP contribution in [0.2, 0.25) is 0 Å². The number of fused-ring (bicyclic) bond motifs is 1. The number of carbonyl (C=O) groups is 1. The van der Waals surface area contributed by atoms with Crippen LogP contribution in [0, 0.1) is 18.7 Å². The van der Waals surface area contributed by atoms with E-state index in [-0.39, 0.29) is 23.4 Å². The number of nitrogens with zero attached hydrogens (tertiary/aromatic N) is 2. The minimum Gasteiger partial charge on any atom is -0.477 e. The molecule has 1 saturated heterocycles. The summed E-state index contributed by atoms with van der Waals surface area (Å²) in [6.45, 7) is 2.32. The standard InChI is InChI=1S/C21H25F2N3O3/c1-11-18-14(12-2-3-12)8-15(21(28)29)20(27)26(18)9-16(23)19(11)25-7-5-13(4-6-22)17(24)10-25/h8-9,12-13,17H,2-7,10,24H2,1H3,(H,28,29). The Balaban J connectivity index is 1.85. The molecule has 0 spiro atoms. The van der Waals surface area contributed by atoms with Crippen molar-refractivity contribution >= 4 is 17.2 Å². The van der Waals surface area contributed by atoms with E-state index in [1.165, 1.54) is 6.07 Å². The van der Waals surface area contributed by atoms with Gasteiger partial charge in [0.25, 0.3) is 5.56 Å². The van der Waals surface area contributed by atoms with Crippen LogP contribution in [0.4, 0.5) is 14.5 Å². The SMILES string of the molecule is Cc1c(N2CCC(CCF)C(N)C2)c(F)cn2c(=O)c(C(=O)O)cc(C3CC3)c12. The number of rotatable bonds is 5. The lowest BCUT2D eigenvalue weighted by molar-refractivity contribution is 0.0694. The van der Waals surface area contributed by atoms with Crippen molar-refractivity contribution in [1.29, 1.82) is 0 Å². The van der Waals surface area contributed by atoms with Crippen molar-refractivity contribution in [1.82, 2.24) is 4.40 Å². The molecule has 156 valence electrons. The van der Waals surface area contributed by atoms with Crippen molar-refractivity contribution < 1.29 is 18.7 Å². The Labute approximate surface area is 166 Å². The fraction of sp³-hybridized carbons (Fsp3) is 0.524. The number of anilines is 1. The van der Waals surface area contributed by atoms with Crippen molar-refractivity contribution in [2.75, 3.05) is 24.7 Å². The Morgan fingerprint density at radius 1 is 1.34 bits per heavy atom. The van der Waals surface area contributed by atoms with E-state index in [0.29, 0.717) is 42.7 Å². The highest BCUT2D eigenvalue weighted by atomic mass is 19.1. The average Bonchev–Trinajstić information content (AvgIpc) is 3.49. The van der Waals surface area contributed by atoms with Crippen LogP contribution in [0.1, 0.15) is 53.1 Å². The highest BCUT2D eigenvalue weighted by molar-refractivity contribution is 5.89. The maximum Gasteiger partial charge on any atom is 0.341 e. The van der Waals surface area contributed by atoms with E-state index in [2.05, 4.69) is 0 Å². The fourth-order valence-electron chi connectivity index (χ4n) is 4.62. The highest BCUT2D eigenvalue weighted by Crippen LogP contribution is 2.44. The molecule has 2 aromatic rings. The van der Waals surface area contributed by atoms with Gasteiger partial charge >= 0.3 is 5.97 Å². The number of pyridine rings is 2. The maximum absolute atomic E-state index is 15.1. The first-order valence-electron chi connectivity index (χ1n) is 10.0. The van der Waals surface area contributed by atoms with Crippen molar-refractivity contribution in [2.24, 2.45) is 11.7 Å². The molecule has 2 aliphatic rings. The van der Waals surface area contributed by atoms with Crippen LogP contribution in [0.25, 0.3) is 5.52 Å². The molecular formula is C21H25F2N3O3. The molecule has 0 bridgehead atoms. The lowest BCUT2D eigenvalue weighted by Crippen LogP contribution is -2.49. The highest BCUT2D eigenvalue weighted by Gasteiger charge is 2.32. The largest absolute Gasteiger partial charge is 0.477 e. The summed E-state index contributed by atoms with van der Waals surface area (Å²) in [6, 6.07) is 1.19. The van der Waals surface area contributed by atoms with Gasteiger partial charge in [0, 0.05) is 19.1 Å². The van der Waals surface area contributed by atoms with Gasteiger partial charge < -0.3 is 15.7 Å². The van der Waals surface area contributed by atoms with Gasteiger partial charge in [0.1, 0.15) is 5.56 Å². The number of aromatic nitrogens is 1. The molecule has 3 heterocycles. The van der Waals surface area contributed by atoms with Crippen LogP contribution < -0.4 is 16.2 Å². The van der Waals surface area contributed by atoms with E-state index in [1.807, 2.05) is 4.90 Å². The topological polar surface area (TPSA) is 88.0 Å². The Kier molecular flexibility index (Phi) is 5.06. The molecule has 2 aromatic heterocycles. The zero-order valence-corrected chi connectivity index (χ0v) is 16.3. The molecule has 2 fully saturated rings. The van der Waals surface area contributed by atoms with Crippen molar-refractivity contribution in [3.8, 4) is 0 Å². The monoisotopic (exact) mass is 405 g/mol. The smallest absolute Gasteiger partial charge is 0.341 e. The van der Waals surface area contributed by atoms with E-state index in [1.54, 1.807) is 6.92 Å². The predicted octanol–water partition coefficient (Wildman–Crippen LogP) is 2.84. The number of piperidine rings is 1. The van der Waals surface area contributed by atoms with Crippen LogP contribution in [0.3, 0.4) is 0 Å². The number of halogens is 2. The molecular weight excluding hydrogens is 380 g/mol. The Bertz CT molecular complexity index is 1030. The van der Waals surface area contributed by atoms with Crippen LogP contribution in [-0.4, -0.2) is 41.3 Å². The second kappa shape index (κ2) is 7.40. The summed E-state index contributed by atoms with van der Waals surface area (Å²) < 4.78 is 29.0. The fourth-order valence-corrected chi connectivity index (χ4v) is 4.62. The Hall–Kier alpha value is -2.48. The molecule has 1 aliphatic carbocycles. The molecule has 2 atom stereocenters. The van der Waals surface area contributed by atoms with Gasteiger partial charge in [0.2, 0.25) is 0 Å². The minimum absolute atomic E-state index is 0.0721. The van der Waals surface area contributed by atoms with E-state index >= 15 is 4.39 Å². The van der Waals surface area contributed by atoms with Gasteiger partial charge in [-0.05, 0) is 61.6 Å². The van der Waals surface area contributed by atoms with E-state index in [0.717, 1.165) is 29.0 Å². The number of alkyl halides is 1. The average molecular weight is 405 g/mol. The van der Waals surface area contributed by atoms with Crippen LogP contribution >= 0.6 is 0 Å². The van der Waals surface area contributed by atoms with Gasteiger partial charge in [-0.15, -0.1) is 0 Å². The number of aromatic carboxylic acids is 1. The molecule has 29 heavy (non-hydrogen) atoms. The number of carboxylic acids is 1. The quantitative estimate of drug-likeness (QED) is 0.799. The van der Waals surface area contributed by atoms with Gasteiger partial charge in [-0.2, -0.15) is 0 Å². The lowest BCUT2D eigenvalue weighted by atomic mass is 9.89. The first kappa shape index (κ1) is 19.8. The van der Waals surface area contributed by atoms with Gasteiger partial charge in [-0.3, -0.25) is 13.6 Å². The number of carboxylic acid groups (broad SMARTS) is 1. The zero-order chi connectivity index (χ0) is 20.9. The van der Waals surface area contributed by atoms with Crippen LogP contribution in [0.5, 0.6) is 0 Å². The van der Waals surface area contributed by atoms with Crippen LogP contribution in [0.15, 0.2) is 17.1 Å². The second-order valence-corrected chi connectivity index (χ2v) is 8.20. The lowest BCUT2D eigenvalue weighted by Gasteiger charge is -2.38.